The fourth-order valence-electron chi connectivity index (χ4n) is 3.18. The lowest BCUT2D eigenvalue weighted by Gasteiger charge is -2.30. The monoisotopic (exact) mass is 413 g/mol. The first-order valence-electron chi connectivity index (χ1n) is 9.19. The molecule has 4 rings (SSSR count). The molecule has 1 aliphatic rings. The zero-order valence-corrected chi connectivity index (χ0v) is 17.0. The fraction of sp³-hybridized carbons (Fsp3) is 0.238. The first-order valence-corrected chi connectivity index (χ1v) is 9.19. The summed E-state index contributed by atoms with van der Waals surface area (Å²) in [6, 6.07) is 15.5. The Bertz CT molecular complexity index is 946. The Balaban J connectivity index is 0.00000240. The molecule has 2 aromatic carbocycles. The number of nitrogens with zero attached hydrogens (tertiary/aromatic N) is 3. The number of ether oxygens (including phenoxy) is 2. The highest BCUT2D eigenvalue weighted by molar-refractivity contribution is 5.85. The van der Waals surface area contributed by atoms with Crippen molar-refractivity contribution in [1.82, 2.24) is 9.97 Å². The van der Waals surface area contributed by atoms with Gasteiger partial charge in [0.1, 0.15) is 5.75 Å². The third kappa shape index (κ3) is 4.88. The van der Waals surface area contributed by atoms with Crippen molar-refractivity contribution in [2.24, 2.45) is 0 Å². The van der Waals surface area contributed by atoms with Crippen LogP contribution in [-0.2, 0) is 4.74 Å². The molecule has 2 heterocycles. The molecular formula is C21H24ClN5O2. The maximum Gasteiger partial charge on any atom is 0.227 e. The van der Waals surface area contributed by atoms with Crippen LogP contribution in [0.3, 0.4) is 0 Å². The van der Waals surface area contributed by atoms with Crippen LogP contribution in [-0.4, -0.2) is 43.4 Å². The number of halogens is 1. The van der Waals surface area contributed by atoms with Gasteiger partial charge in [0.25, 0.3) is 0 Å². The SMILES string of the molecule is COc1cc(Nc2nccc(-c3ccc(N)cc3)n2)ccc1N1CCOCC1.Cl. The summed E-state index contributed by atoms with van der Waals surface area (Å²) in [7, 11) is 1.68. The van der Waals surface area contributed by atoms with E-state index in [-0.39, 0.29) is 12.4 Å². The summed E-state index contributed by atoms with van der Waals surface area (Å²) in [5.41, 5.74) is 10.2. The van der Waals surface area contributed by atoms with Crippen LogP contribution in [0.15, 0.2) is 54.7 Å². The molecule has 0 aliphatic carbocycles. The molecule has 0 unspecified atom stereocenters. The summed E-state index contributed by atoms with van der Waals surface area (Å²) < 4.78 is 11.0. The second-order valence-electron chi connectivity index (χ2n) is 6.50. The lowest BCUT2D eigenvalue weighted by atomic mass is 10.1. The summed E-state index contributed by atoms with van der Waals surface area (Å²) in [5.74, 6) is 1.33. The van der Waals surface area contributed by atoms with Crippen LogP contribution in [0, 0.1) is 0 Å². The molecule has 1 aromatic heterocycles. The zero-order valence-electron chi connectivity index (χ0n) is 16.2. The van der Waals surface area contributed by atoms with E-state index in [9.17, 15) is 0 Å². The highest BCUT2D eigenvalue weighted by atomic mass is 35.5. The minimum Gasteiger partial charge on any atom is -0.495 e. The summed E-state index contributed by atoms with van der Waals surface area (Å²) >= 11 is 0. The Hall–Kier alpha value is -3.03. The van der Waals surface area contributed by atoms with E-state index in [0.717, 1.165) is 60.4 Å². The molecule has 0 spiro atoms. The summed E-state index contributed by atoms with van der Waals surface area (Å²) in [6.07, 6.45) is 1.74. The number of anilines is 4. The van der Waals surface area contributed by atoms with Crippen molar-refractivity contribution < 1.29 is 9.47 Å². The Morgan fingerprint density at radius 3 is 2.55 bits per heavy atom. The second-order valence-corrected chi connectivity index (χ2v) is 6.50. The molecule has 0 saturated carbocycles. The summed E-state index contributed by atoms with van der Waals surface area (Å²) in [4.78, 5) is 11.2. The Morgan fingerprint density at radius 1 is 1.07 bits per heavy atom. The van der Waals surface area contributed by atoms with E-state index in [1.807, 2.05) is 42.5 Å². The van der Waals surface area contributed by atoms with E-state index in [1.165, 1.54) is 0 Å². The number of aromatic nitrogens is 2. The molecule has 0 bridgehead atoms. The number of benzene rings is 2. The molecule has 1 fully saturated rings. The summed E-state index contributed by atoms with van der Waals surface area (Å²) in [6.45, 7) is 3.18. The number of methoxy groups -OCH3 is 1. The molecule has 0 radical (unpaired) electrons. The van der Waals surface area contributed by atoms with Crippen molar-refractivity contribution in [3.8, 4) is 17.0 Å². The third-order valence-electron chi connectivity index (χ3n) is 4.65. The molecule has 3 N–H and O–H groups in total. The van der Waals surface area contributed by atoms with Crippen LogP contribution >= 0.6 is 12.4 Å². The van der Waals surface area contributed by atoms with Gasteiger partial charge in [-0.2, -0.15) is 0 Å². The molecule has 8 heteroatoms. The van der Waals surface area contributed by atoms with Crippen molar-refractivity contribution >= 4 is 35.4 Å². The first kappa shape index (κ1) is 20.7. The van der Waals surface area contributed by atoms with Gasteiger partial charge in [-0.3, -0.25) is 0 Å². The predicted molar refractivity (Wildman–Crippen MR) is 118 cm³/mol. The van der Waals surface area contributed by atoms with E-state index >= 15 is 0 Å². The number of hydrogen-bond acceptors (Lipinski definition) is 7. The Labute approximate surface area is 176 Å². The molecule has 29 heavy (non-hydrogen) atoms. The van der Waals surface area contributed by atoms with Gasteiger partial charge in [-0.05, 0) is 30.3 Å². The molecule has 0 atom stereocenters. The molecule has 3 aromatic rings. The Morgan fingerprint density at radius 2 is 1.83 bits per heavy atom. The normalized spacial score (nSPS) is 13.5. The van der Waals surface area contributed by atoms with Gasteiger partial charge in [0.2, 0.25) is 5.95 Å². The smallest absolute Gasteiger partial charge is 0.227 e. The second kappa shape index (κ2) is 9.45. The number of morpholine rings is 1. The molecule has 1 aliphatic heterocycles. The van der Waals surface area contributed by atoms with Crippen LogP contribution in [0.2, 0.25) is 0 Å². The first-order chi connectivity index (χ1) is 13.7. The number of nitrogens with one attached hydrogen (secondary N) is 1. The standard InChI is InChI=1S/C21H23N5O2.ClH/c1-27-20-14-17(6-7-19(20)26-10-12-28-13-11-26)24-21-23-9-8-18(25-21)15-2-4-16(22)5-3-15;/h2-9,14H,10-13,22H2,1H3,(H,23,24,25);1H. The van der Waals surface area contributed by atoms with Crippen LogP contribution in [0.25, 0.3) is 11.3 Å². The summed E-state index contributed by atoms with van der Waals surface area (Å²) in [5, 5.41) is 3.26. The van der Waals surface area contributed by atoms with Crippen LogP contribution < -0.4 is 20.7 Å². The average molecular weight is 414 g/mol. The lowest BCUT2D eigenvalue weighted by molar-refractivity contribution is 0.122. The molecular weight excluding hydrogens is 390 g/mol. The molecule has 0 amide bonds. The number of rotatable bonds is 5. The number of nitrogen functional groups attached to an aromatic ring is 1. The third-order valence-corrected chi connectivity index (χ3v) is 4.65. The van der Waals surface area contributed by atoms with Gasteiger partial charge in [0.05, 0.1) is 31.7 Å². The quantitative estimate of drug-likeness (QED) is 0.616. The lowest BCUT2D eigenvalue weighted by Crippen LogP contribution is -2.36. The van der Waals surface area contributed by atoms with Gasteiger partial charge in [0, 0.05) is 42.3 Å². The maximum absolute atomic E-state index is 5.76. The van der Waals surface area contributed by atoms with Gasteiger partial charge in [-0.25, -0.2) is 9.97 Å². The van der Waals surface area contributed by atoms with Gasteiger partial charge in [-0.1, -0.05) is 12.1 Å². The van der Waals surface area contributed by atoms with Gasteiger partial charge < -0.3 is 25.4 Å². The van der Waals surface area contributed by atoms with E-state index in [2.05, 4.69) is 26.3 Å². The predicted octanol–water partition coefficient (Wildman–Crippen LogP) is 3.74. The zero-order chi connectivity index (χ0) is 19.3. The van der Waals surface area contributed by atoms with Crippen molar-refractivity contribution in [1.29, 1.82) is 0 Å². The van der Waals surface area contributed by atoms with Crippen molar-refractivity contribution in [2.45, 2.75) is 0 Å². The van der Waals surface area contributed by atoms with Gasteiger partial charge in [0.15, 0.2) is 0 Å². The van der Waals surface area contributed by atoms with Crippen molar-refractivity contribution in [3.05, 3.63) is 54.7 Å². The van der Waals surface area contributed by atoms with E-state index in [4.69, 9.17) is 15.2 Å². The fourth-order valence-corrected chi connectivity index (χ4v) is 3.18. The molecule has 7 nitrogen and oxygen atoms in total. The van der Waals surface area contributed by atoms with Crippen molar-refractivity contribution in [3.63, 3.8) is 0 Å². The highest BCUT2D eigenvalue weighted by Gasteiger charge is 2.16. The highest BCUT2D eigenvalue weighted by Crippen LogP contribution is 2.32. The maximum atomic E-state index is 5.76. The van der Waals surface area contributed by atoms with E-state index < -0.39 is 0 Å². The van der Waals surface area contributed by atoms with Crippen LogP contribution in [0.4, 0.5) is 23.0 Å². The number of hydrogen-bond donors (Lipinski definition) is 2. The number of nitrogens with two attached hydrogens (primary N) is 1. The van der Waals surface area contributed by atoms with E-state index in [0.29, 0.717) is 5.95 Å². The topological polar surface area (TPSA) is 85.5 Å². The van der Waals surface area contributed by atoms with Crippen LogP contribution in [0.5, 0.6) is 5.75 Å². The molecule has 152 valence electrons. The Kier molecular flexibility index (Phi) is 6.74. The van der Waals surface area contributed by atoms with E-state index in [1.54, 1.807) is 13.3 Å². The van der Waals surface area contributed by atoms with Gasteiger partial charge in [-0.15, -0.1) is 12.4 Å². The minimum atomic E-state index is 0. The van der Waals surface area contributed by atoms with Crippen molar-refractivity contribution in [2.75, 3.05) is 49.4 Å². The largest absolute Gasteiger partial charge is 0.495 e. The average Bonchev–Trinajstić information content (AvgIpc) is 2.75. The molecule has 1 saturated heterocycles. The minimum absolute atomic E-state index is 0. The van der Waals surface area contributed by atoms with Gasteiger partial charge >= 0.3 is 0 Å². The van der Waals surface area contributed by atoms with Crippen LogP contribution in [0.1, 0.15) is 0 Å².